The second kappa shape index (κ2) is 6.44. The Kier molecular flexibility index (Phi) is 5.21. The van der Waals surface area contributed by atoms with Gasteiger partial charge in [-0.05, 0) is 17.2 Å². The number of benzene rings is 1. The van der Waals surface area contributed by atoms with Gasteiger partial charge in [0.25, 0.3) is 0 Å². The molecule has 0 saturated heterocycles. The van der Waals surface area contributed by atoms with Crippen LogP contribution in [0.3, 0.4) is 0 Å². The van der Waals surface area contributed by atoms with Crippen LogP contribution in [0.1, 0.15) is 17.5 Å². The first kappa shape index (κ1) is 13.8. The molecule has 0 amide bonds. The van der Waals surface area contributed by atoms with Gasteiger partial charge in [-0.3, -0.25) is 0 Å². The Bertz CT molecular complexity index is 444. The minimum absolute atomic E-state index is 0.0944. The zero-order chi connectivity index (χ0) is 12.7. The normalized spacial score (nSPS) is 11.3. The molecule has 1 N–H and O–H groups in total. The number of aliphatic hydroxyl groups is 1. The third-order valence-electron chi connectivity index (χ3n) is 2.13. The van der Waals surface area contributed by atoms with Crippen molar-refractivity contribution in [2.45, 2.75) is 32.7 Å². The zero-order valence-electron chi connectivity index (χ0n) is 10.8. The molecule has 0 aliphatic heterocycles. The van der Waals surface area contributed by atoms with Crippen LogP contribution in [0.4, 0.5) is 0 Å². The van der Waals surface area contributed by atoms with E-state index in [-0.39, 0.29) is 6.61 Å². The summed E-state index contributed by atoms with van der Waals surface area (Å²) in [6.45, 7) is 6.83. The fraction of sp³-hybridized carbons (Fsp3) is 0.333. The molecule has 0 bridgehead atoms. The Morgan fingerprint density at radius 3 is 2.71 bits per heavy atom. The summed E-state index contributed by atoms with van der Waals surface area (Å²) in [6.07, 6.45) is 4.93. The summed E-state index contributed by atoms with van der Waals surface area (Å²) in [6, 6.07) is 7.89. The summed E-state index contributed by atoms with van der Waals surface area (Å²) in [7, 11) is -1.23. The smallest absolute Gasteiger partial charge is 0.129 e. The molecule has 0 unspecified atom stereocenters. The molecule has 1 nitrogen and oxygen atoms in total. The molecule has 0 fully saturated rings. The summed E-state index contributed by atoms with van der Waals surface area (Å²) in [5.41, 5.74) is 5.39. The molecule has 0 aliphatic rings. The first-order chi connectivity index (χ1) is 8.01. The van der Waals surface area contributed by atoms with Crippen molar-refractivity contribution in [3.05, 3.63) is 41.5 Å². The molecule has 1 aromatic rings. The highest BCUT2D eigenvalue weighted by atomic mass is 28.3. The highest BCUT2D eigenvalue weighted by molar-refractivity contribution is 6.83. The second-order valence-electron chi connectivity index (χ2n) is 5.06. The van der Waals surface area contributed by atoms with E-state index in [9.17, 15) is 0 Å². The molecule has 1 aromatic carbocycles. The molecule has 17 heavy (non-hydrogen) atoms. The van der Waals surface area contributed by atoms with Gasteiger partial charge in [0.15, 0.2) is 0 Å². The van der Waals surface area contributed by atoms with E-state index in [1.807, 2.05) is 24.3 Å². The van der Waals surface area contributed by atoms with Gasteiger partial charge < -0.3 is 5.11 Å². The molecule has 0 heterocycles. The molecule has 90 valence electrons. The van der Waals surface area contributed by atoms with Gasteiger partial charge in [0, 0.05) is 6.42 Å². The third-order valence-corrected chi connectivity index (χ3v) is 3.05. The van der Waals surface area contributed by atoms with Crippen LogP contribution in [0.5, 0.6) is 0 Å². The average molecular weight is 244 g/mol. The van der Waals surface area contributed by atoms with Crippen LogP contribution in [-0.4, -0.2) is 13.2 Å². The average Bonchev–Trinajstić information content (AvgIpc) is 2.27. The maximum Gasteiger partial charge on any atom is 0.129 e. The van der Waals surface area contributed by atoms with Crippen molar-refractivity contribution in [3.8, 4) is 11.5 Å². The van der Waals surface area contributed by atoms with Gasteiger partial charge in [-0.2, -0.15) is 0 Å². The van der Waals surface area contributed by atoms with Crippen LogP contribution in [0, 0.1) is 11.5 Å². The van der Waals surface area contributed by atoms with Crippen LogP contribution in [0.15, 0.2) is 30.3 Å². The van der Waals surface area contributed by atoms with E-state index >= 15 is 0 Å². The predicted molar refractivity (Wildman–Crippen MR) is 77.1 cm³/mol. The van der Waals surface area contributed by atoms with Gasteiger partial charge >= 0.3 is 0 Å². The van der Waals surface area contributed by atoms with Crippen molar-refractivity contribution < 1.29 is 5.11 Å². The lowest BCUT2D eigenvalue weighted by molar-refractivity contribution is 0.282. The van der Waals surface area contributed by atoms with Gasteiger partial charge in [-0.1, -0.05) is 50.0 Å². The van der Waals surface area contributed by atoms with Crippen LogP contribution in [-0.2, 0) is 6.61 Å². The zero-order valence-corrected chi connectivity index (χ0v) is 11.8. The highest BCUT2D eigenvalue weighted by Crippen LogP contribution is 2.07. The largest absolute Gasteiger partial charge is 0.392 e. The fourth-order valence-electron chi connectivity index (χ4n) is 1.37. The van der Waals surface area contributed by atoms with Crippen LogP contribution >= 0.6 is 0 Å². The first-order valence-electron chi connectivity index (χ1n) is 5.87. The van der Waals surface area contributed by atoms with Gasteiger partial charge in [0.2, 0.25) is 0 Å². The van der Waals surface area contributed by atoms with Crippen molar-refractivity contribution >= 4 is 14.1 Å². The van der Waals surface area contributed by atoms with Gasteiger partial charge in [0.1, 0.15) is 8.07 Å². The van der Waals surface area contributed by atoms with Crippen molar-refractivity contribution in [1.82, 2.24) is 0 Å². The molecule has 0 aromatic heterocycles. The predicted octanol–water partition coefficient (Wildman–Crippen LogP) is 3.46. The lowest BCUT2D eigenvalue weighted by Crippen LogP contribution is -2.16. The van der Waals surface area contributed by atoms with E-state index in [1.165, 1.54) is 0 Å². The molecular formula is C15H20OSi. The van der Waals surface area contributed by atoms with Crippen molar-refractivity contribution in [2.24, 2.45) is 0 Å². The lowest BCUT2D eigenvalue weighted by Gasteiger charge is -2.02. The molecule has 0 saturated carbocycles. The third kappa shape index (κ3) is 6.11. The topological polar surface area (TPSA) is 20.2 Å². The Morgan fingerprint density at radius 1 is 1.29 bits per heavy atom. The number of hydrogen-bond acceptors (Lipinski definition) is 1. The van der Waals surface area contributed by atoms with E-state index in [0.717, 1.165) is 17.5 Å². The maximum absolute atomic E-state index is 9.02. The van der Waals surface area contributed by atoms with Crippen LogP contribution < -0.4 is 0 Å². The van der Waals surface area contributed by atoms with E-state index in [1.54, 1.807) is 0 Å². The number of hydrogen-bond donors (Lipinski definition) is 1. The lowest BCUT2D eigenvalue weighted by atomic mass is 10.1. The monoisotopic (exact) mass is 244 g/mol. The molecule has 0 radical (unpaired) electrons. The summed E-state index contributed by atoms with van der Waals surface area (Å²) < 4.78 is 0. The second-order valence-corrected chi connectivity index (χ2v) is 9.81. The quantitative estimate of drug-likeness (QED) is 0.637. The molecule has 0 spiro atoms. The summed E-state index contributed by atoms with van der Waals surface area (Å²) >= 11 is 0. The Morgan fingerprint density at radius 2 is 2.06 bits per heavy atom. The van der Waals surface area contributed by atoms with E-state index in [4.69, 9.17) is 5.11 Å². The van der Waals surface area contributed by atoms with Crippen molar-refractivity contribution in [1.29, 1.82) is 0 Å². The number of aliphatic hydroxyl groups excluding tert-OH is 1. The van der Waals surface area contributed by atoms with Gasteiger partial charge in [-0.15, -0.1) is 11.5 Å². The van der Waals surface area contributed by atoms with Crippen molar-refractivity contribution in [2.75, 3.05) is 0 Å². The van der Waals surface area contributed by atoms with Gasteiger partial charge in [-0.25, -0.2) is 0 Å². The Labute approximate surface area is 105 Å². The van der Waals surface area contributed by atoms with Crippen LogP contribution in [0.2, 0.25) is 19.6 Å². The summed E-state index contributed by atoms with van der Waals surface area (Å²) in [4.78, 5) is 0. The Hall–Kier alpha value is -1.30. The molecule has 0 atom stereocenters. The maximum atomic E-state index is 9.02. The summed E-state index contributed by atoms with van der Waals surface area (Å²) in [5, 5.41) is 9.02. The van der Waals surface area contributed by atoms with E-state index < -0.39 is 8.07 Å². The fourth-order valence-corrected chi connectivity index (χ4v) is 2.00. The molecule has 0 aliphatic carbocycles. The van der Waals surface area contributed by atoms with Crippen molar-refractivity contribution in [3.63, 3.8) is 0 Å². The van der Waals surface area contributed by atoms with E-state index in [0.29, 0.717) is 0 Å². The molecule has 2 heteroatoms. The SMILES string of the molecule is C[Si](C)(C)C#CC/C=C/c1cccc(CO)c1. The minimum Gasteiger partial charge on any atom is -0.392 e. The molecule has 1 rings (SSSR count). The standard InChI is InChI=1S/C15H20OSi/c1-17(2,3)11-6-4-5-8-14-9-7-10-15(12-14)13-16/h5,7-10,12,16H,4,13H2,1-3H3/b8-5+. The number of rotatable bonds is 3. The minimum atomic E-state index is -1.23. The first-order valence-corrected chi connectivity index (χ1v) is 9.37. The van der Waals surface area contributed by atoms with Gasteiger partial charge in [0.05, 0.1) is 6.61 Å². The summed E-state index contributed by atoms with van der Waals surface area (Å²) in [5.74, 6) is 3.20. The molecular weight excluding hydrogens is 224 g/mol. The van der Waals surface area contributed by atoms with Crippen LogP contribution in [0.25, 0.3) is 6.08 Å². The van der Waals surface area contributed by atoms with E-state index in [2.05, 4.69) is 43.3 Å². The highest BCUT2D eigenvalue weighted by Gasteiger charge is 2.06. The number of allylic oxidation sites excluding steroid dienone is 1. The Balaban J connectivity index is 2.56.